The Labute approximate surface area is 151 Å². The van der Waals surface area contributed by atoms with Crippen molar-refractivity contribution in [3.05, 3.63) is 53.9 Å². The molecule has 1 aliphatic heterocycles. The molecule has 0 N–H and O–H groups in total. The number of para-hydroxylation sites is 1. The Hall–Kier alpha value is -3.02. The van der Waals surface area contributed by atoms with Gasteiger partial charge in [-0.2, -0.15) is 4.98 Å². The van der Waals surface area contributed by atoms with Crippen molar-refractivity contribution in [3.8, 4) is 28.6 Å². The molecule has 0 spiro atoms. The first-order chi connectivity index (χ1) is 12.5. The molecule has 0 amide bonds. The van der Waals surface area contributed by atoms with Crippen LogP contribution in [0.1, 0.15) is 25.3 Å². The molecule has 26 heavy (non-hydrogen) atoms. The molecule has 1 aliphatic rings. The number of methoxy groups -OCH3 is 1. The van der Waals surface area contributed by atoms with Gasteiger partial charge in [-0.25, -0.2) is 0 Å². The highest BCUT2D eigenvalue weighted by atomic mass is 16.5. The zero-order valence-electron chi connectivity index (χ0n) is 15.0. The lowest BCUT2D eigenvalue weighted by molar-refractivity contribution is 0.130. The third-order valence-electron chi connectivity index (χ3n) is 4.20. The Morgan fingerprint density at radius 3 is 2.85 bits per heavy atom. The molecule has 3 aromatic rings. The van der Waals surface area contributed by atoms with Crippen molar-refractivity contribution in [1.82, 2.24) is 10.1 Å². The molecular weight excluding hydrogens is 332 g/mol. The summed E-state index contributed by atoms with van der Waals surface area (Å²) < 4.78 is 22.4. The molecule has 0 aliphatic carbocycles. The lowest BCUT2D eigenvalue weighted by Gasteiger charge is -2.18. The highest BCUT2D eigenvalue weighted by Crippen LogP contribution is 2.41. The summed E-state index contributed by atoms with van der Waals surface area (Å²) >= 11 is 0. The predicted molar refractivity (Wildman–Crippen MR) is 95.5 cm³/mol. The SMILES string of the molecule is COc1cccc(-c2noc(COc3cccc4c3OC(C)(C)C4)n2)c1. The molecule has 0 bridgehead atoms. The molecule has 4 rings (SSSR count). The Kier molecular flexibility index (Phi) is 4.03. The zero-order valence-corrected chi connectivity index (χ0v) is 15.0. The van der Waals surface area contributed by atoms with Crippen LogP contribution in [-0.4, -0.2) is 22.9 Å². The van der Waals surface area contributed by atoms with Crippen LogP contribution in [-0.2, 0) is 13.0 Å². The number of ether oxygens (including phenoxy) is 3. The van der Waals surface area contributed by atoms with Gasteiger partial charge in [-0.3, -0.25) is 0 Å². The minimum absolute atomic E-state index is 0.178. The summed E-state index contributed by atoms with van der Waals surface area (Å²) in [5.74, 6) is 3.12. The van der Waals surface area contributed by atoms with Crippen LogP contribution < -0.4 is 14.2 Å². The predicted octanol–water partition coefficient (Wildman–Crippen LogP) is 4.04. The van der Waals surface area contributed by atoms with Crippen molar-refractivity contribution in [2.45, 2.75) is 32.5 Å². The Morgan fingerprint density at radius 2 is 2.00 bits per heavy atom. The van der Waals surface area contributed by atoms with Crippen LogP contribution in [0.25, 0.3) is 11.4 Å². The fraction of sp³-hybridized carbons (Fsp3) is 0.300. The molecule has 0 saturated heterocycles. The second kappa shape index (κ2) is 6.37. The number of aromatic nitrogens is 2. The molecule has 0 saturated carbocycles. The van der Waals surface area contributed by atoms with Crippen molar-refractivity contribution in [2.24, 2.45) is 0 Å². The fourth-order valence-corrected chi connectivity index (χ4v) is 3.03. The van der Waals surface area contributed by atoms with Gasteiger partial charge in [0, 0.05) is 17.5 Å². The van der Waals surface area contributed by atoms with E-state index in [-0.39, 0.29) is 12.2 Å². The summed E-state index contributed by atoms with van der Waals surface area (Å²) in [6.45, 7) is 4.31. The Bertz CT molecular complexity index is 933. The highest BCUT2D eigenvalue weighted by Gasteiger charge is 2.32. The minimum atomic E-state index is -0.216. The molecule has 0 radical (unpaired) electrons. The van der Waals surface area contributed by atoms with E-state index in [4.69, 9.17) is 18.7 Å². The van der Waals surface area contributed by atoms with E-state index in [2.05, 4.69) is 30.1 Å². The normalized spacial score (nSPS) is 14.6. The molecule has 0 fully saturated rings. The smallest absolute Gasteiger partial charge is 0.264 e. The van der Waals surface area contributed by atoms with Gasteiger partial charge in [-0.1, -0.05) is 29.4 Å². The van der Waals surface area contributed by atoms with E-state index in [1.807, 2.05) is 36.4 Å². The van der Waals surface area contributed by atoms with E-state index in [9.17, 15) is 0 Å². The third kappa shape index (κ3) is 3.22. The van der Waals surface area contributed by atoms with Gasteiger partial charge >= 0.3 is 0 Å². The van der Waals surface area contributed by atoms with E-state index in [1.54, 1.807) is 7.11 Å². The van der Waals surface area contributed by atoms with Gasteiger partial charge in [0.2, 0.25) is 5.82 Å². The maximum Gasteiger partial charge on any atom is 0.264 e. The molecule has 134 valence electrons. The van der Waals surface area contributed by atoms with Crippen LogP contribution in [0, 0.1) is 0 Å². The standard InChI is InChI=1S/C20H20N2O4/c1-20(2)11-14-7-5-9-16(18(14)25-20)24-12-17-21-19(22-26-17)13-6-4-8-15(10-13)23-3/h4-10H,11-12H2,1-3H3. The van der Waals surface area contributed by atoms with E-state index in [0.717, 1.165) is 29.0 Å². The van der Waals surface area contributed by atoms with Crippen molar-refractivity contribution in [2.75, 3.05) is 7.11 Å². The van der Waals surface area contributed by atoms with E-state index in [0.29, 0.717) is 17.5 Å². The summed E-state index contributed by atoms with van der Waals surface area (Å²) in [5, 5.41) is 4.02. The number of hydrogen-bond acceptors (Lipinski definition) is 6. The Balaban J connectivity index is 1.49. The van der Waals surface area contributed by atoms with Crippen LogP contribution in [0.3, 0.4) is 0 Å². The maximum atomic E-state index is 6.01. The number of hydrogen-bond donors (Lipinski definition) is 0. The maximum absolute atomic E-state index is 6.01. The monoisotopic (exact) mass is 352 g/mol. The molecule has 2 aromatic carbocycles. The lowest BCUT2D eigenvalue weighted by Crippen LogP contribution is -2.24. The first-order valence-corrected chi connectivity index (χ1v) is 8.45. The van der Waals surface area contributed by atoms with Crippen LogP contribution in [0.15, 0.2) is 47.0 Å². The van der Waals surface area contributed by atoms with Gasteiger partial charge in [0.15, 0.2) is 18.1 Å². The molecule has 6 nitrogen and oxygen atoms in total. The van der Waals surface area contributed by atoms with Crippen LogP contribution in [0.2, 0.25) is 0 Å². The molecule has 6 heteroatoms. The topological polar surface area (TPSA) is 66.6 Å². The van der Waals surface area contributed by atoms with Gasteiger partial charge in [0.25, 0.3) is 5.89 Å². The van der Waals surface area contributed by atoms with Gasteiger partial charge in [0.1, 0.15) is 11.4 Å². The van der Waals surface area contributed by atoms with Gasteiger partial charge < -0.3 is 18.7 Å². The summed E-state index contributed by atoms with van der Waals surface area (Å²) in [6, 6.07) is 13.4. The van der Waals surface area contributed by atoms with Crippen LogP contribution in [0.4, 0.5) is 0 Å². The molecular formula is C20H20N2O4. The van der Waals surface area contributed by atoms with Crippen LogP contribution >= 0.6 is 0 Å². The van der Waals surface area contributed by atoms with Crippen molar-refractivity contribution in [3.63, 3.8) is 0 Å². The van der Waals surface area contributed by atoms with Gasteiger partial charge in [0.05, 0.1) is 7.11 Å². The number of nitrogens with zero attached hydrogens (tertiary/aromatic N) is 2. The second-order valence-corrected chi connectivity index (χ2v) is 6.82. The summed E-state index contributed by atoms with van der Waals surface area (Å²) in [4.78, 5) is 4.39. The fourth-order valence-electron chi connectivity index (χ4n) is 3.03. The van der Waals surface area contributed by atoms with Crippen molar-refractivity contribution in [1.29, 1.82) is 0 Å². The van der Waals surface area contributed by atoms with Gasteiger partial charge in [-0.15, -0.1) is 0 Å². The summed E-state index contributed by atoms with van der Waals surface area (Å²) in [5.41, 5.74) is 1.76. The molecule has 0 atom stereocenters. The van der Waals surface area contributed by atoms with Crippen molar-refractivity contribution < 1.29 is 18.7 Å². The average Bonchev–Trinajstić information content (AvgIpc) is 3.23. The molecule has 0 unspecified atom stereocenters. The minimum Gasteiger partial charge on any atom is -0.497 e. The van der Waals surface area contributed by atoms with E-state index < -0.39 is 0 Å². The summed E-state index contributed by atoms with van der Waals surface area (Å²) in [7, 11) is 1.62. The third-order valence-corrected chi connectivity index (χ3v) is 4.20. The summed E-state index contributed by atoms with van der Waals surface area (Å²) in [6.07, 6.45) is 0.861. The number of rotatable bonds is 5. The molecule has 2 heterocycles. The number of benzene rings is 2. The zero-order chi connectivity index (χ0) is 18.1. The lowest BCUT2D eigenvalue weighted by atomic mass is 10.0. The number of fused-ring (bicyclic) bond motifs is 1. The average molecular weight is 352 g/mol. The second-order valence-electron chi connectivity index (χ2n) is 6.82. The quantitative estimate of drug-likeness (QED) is 0.690. The molecule has 1 aromatic heterocycles. The van der Waals surface area contributed by atoms with Crippen molar-refractivity contribution >= 4 is 0 Å². The largest absolute Gasteiger partial charge is 0.497 e. The first-order valence-electron chi connectivity index (χ1n) is 8.45. The first kappa shape index (κ1) is 16.4. The van der Waals surface area contributed by atoms with E-state index >= 15 is 0 Å². The van der Waals surface area contributed by atoms with E-state index in [1.165, 1.54) is 0 Å². The van der Waals surface area contributed by atoms with Gasteiger partial charge in [-0.05, 0) is 32.0 Å². The Morgan fingerprint density at radius 1 is 1.15 bits per heavy atom. The van der Waals surface area contributed by atoms with Crippen LogP contribution in [0.5, 0.6) is 17.2 Å². The highest BCUT2D eigenvalue weighted by molar-refractivity contribution is 5.56.